The molecule has 0 spiro atoms. The molecule has 5 aromatic rings. The highest BCUT2D eigenvalue weighted by atomic mass is 32.2. The fraction of sp³-hybridized carbons (Fsp3) is 0.194. The number of halogens is 3. The number of para-hydroxylation sites is 1. The Balaban J connectivity index is 1.60. The monoisotopic (exact) mass is 640 g/mol. The maximum Gasteiger partial charge on any atom is 0.418 e. The lowest BCUT2D eigenvalue weighted by molar-refractivity contribution is -0.137. The Kier molecular flexibility index (Phi) is 8.88. The van der Waals surface area contributed by atoms with Crippen LogP contribution in [-0.4, -0.2) is 28.7 Å². The molecular weight excluding hydrogens is 613 g/mol. The molecule has 2 heterocycles. The van der Waals surface area contributed by atoms with Crippen LogP contribution in [0.25, 0.3) is 16.8 Å². The Labute approximate surface area is 255 Å². The molecule has 13 heteroatoms. The number of hydrogen-bond donors (Lipinski definition) is 1. The second-order valence-corrected chi connectivity index (χ2v) is 12.5. The van der Waals surface area contributed by atoms with Crippen molar-refractivity contribution < 1.29 is 26.4 Å². The third-order valence-corrected chi connectivity index (χ3v) is 9.10. The van der Waals surface area contributed by atoms with E-state index in [9.17, 15) is 31.2 Å². The van der Waals surface area contributed by atoms with Gasteiger partial charge in [-0.15, -0.1) is 16.4 Å². The summed E-state index contributed by atoms with van der Waals surface area (Å²) in [6, 6.07) is 21.1. The molecule has 1 N–H and O–H groups in total. The Hall–Kier alpha value is -4.49. The molecule has 0 aliphatic heterocycles. The van der Waals surface area contributed by atoms with Crippen molar-refractivity contribution in [2.75, 3.05) is 0 Å². The number of benzene rings is 3. The number of hydrogen-bond acceptors (Lipinski definition) is 6. The van der Waals surface area contributed by atoms with Crippen molar-refractivity contribution in [1.29, 1.82) is 0 Å². The molecule has 44 heavy (non-hydrogen) atoms. The molecule has 5 rings (SSSR count). The van der Waals surface area contributed by atoms with Crippen molar-refractivity contribution in [1.82, 2.24) is 19.1 Å². The van der Waals surface area contributed by atoms with Gasteiger partial charge in [0.25, 0.3) is 15.9 Å². The molecule has 0 fully saturated rings. The normalized spacial score (nSPS) is 11.9. The molecule has 0 bridgehead atoms. The summed E-state index contributed by atoms with van der Waals surface area (Å²) >= 11 is 1.09. The zero-order valence-electron chi connectivity index (χ0n) is 23.4. The van der Waals surface area contributed by atoms with Crippen LogP contribution >= 0.6 is 11.3 Å². The van der Waals surface area contributed by atoms with E-state index in [1.807, 2.05) is 6.92 Å². The van der Waals surface area contributed by atoms with Crippen LogP contribution in [0.2, 0.25) is 0 Å². The fourth-order valence-corrected chi connectivity index (χ4v) is 6.66. The van der Waals surface area contributed by atoms with E-state index in [1.165, 1.54) is 34.9 Å². The molecule has 0 aliphatic rings. The Bertz CT molecular complexity index is 1950. The van der Waals surface area contributed by atoms with E-state index in [-0.39, 0.29) is 22.1 Å². The fourth-order valence-electron chi connectivity index (χ4n) is 4.73. The van der Waals surface area contributed by atoms with Crippen LogP contribution in [0.4, 0.5) is 13.2 Å². The van der Waals surface area contributed by atoms with Crippen LogP contribution in [-0.2, 0) is 29.2 Å². The van der Waals surface area contributed by atoms with E-state index in [0.717, 1.165) is 28.5 Å². The van der Waals surface area contributed by atoms with Crippen molar-refractivity contribution in [3.05, 3.63) is 123 Å². The Morgan fingerprint density at radius 3 is 2.39 bits per heavy atom. The summed E-state index contributed by atoms with van der Waals surface area (Å²) in [7, 11) is -4.40. The van der Waals surface area contributed by atoms with Gasteiger partial charge in [-0.1, -0.05) is 74.0 Å². The number of alkyl halides is 3. The number of aryl methyl sites for hydroxylation is 1. The van der Waals surface area contributed by atoms with E-state index in [0.29, 0.717) is 29.5 Å². The number of carbonyl (C=O) groups is 1. The van der Waals surface area contributed by atoms with Crippen molar-refractivity contribution >= 4 is 27.3 Å². The summed E-state index contributed by atoms with van der Waals surface area (Å²) in [4.78, 5) is 26.4. The first kappa shape index (κ1) is 31.0. The second-order valence-electron chi connectivity index (χ2n) is 9.92. The van der Waals surface area contributed by atoms with Crippen molar-refractivity contribution in [3.63, 3.8) is 0 Å². The van der Waals surface area contributed by atoms with E-state index in [2.05, 4.69) is 9.82 Å². The van der Waals surface area contributed by atoms with Gasteiger partial charge in [0.15, 0.2) is 0 Å². The summed E-state index contributed by atoms with van der Waals surface area (Å²) < 4.78 is 72.7. The van der Waals surface area contributed by atoms with Gasteiger partial charge in [-0.25, -0.2) is 17.9 Å². The van der Waals surface area contributed by atoms with Crippen LogP contribution in [0.15, 0.2) is 100.0 Å². The minimum Gasteiger partial charge on any atom is -0.274 e. The van der Waals surface area contributed by atoms with Gasteiger partial charge in [-0.05, 0) is 47.2 Å². The van der Waals surface area contributed by atoms with Gasteiger partial charge in [-0.3, -0.25) is 9.36 Å². The van der Waals surface area contributed by atoms with Crippen LogP contribution in [0.5, 0.6) is 0 Å². The minimum absolute atomic E-state index is 0.164. The number of nitrogens with zero attached hydrogens (tertiary/aromatic N) is 3. The average molecular weight is 641 g/mol. The highest BCUT2D eigenvalue weighted by molar-refractivity contribution is 7.90. The molecule has 0 aliphatic carbocycles. The predicted octanol–water partition coefficient (Wildman–Crippen LogP) is 6.29. The summed E-state index contributed by atoms with van der Waals surface area (Å²) in [5, 5.41) is 5.94. The quantitative estimate of drug-likeness (QED) is 0.193. The smallest absolute Gasteiger partial charge is 0.274 e. The van der Waals surface area contributed by atoms with Crippen LogP contribution in [0, 0.1) is 0 Å². The molecule has 2 aromatic heterocycles. The number of carbonyl (C=O) groups excluding carboxylic acids is 1. The zero-order valence-corrected chi connectivity index (χ0v) is 25.0. The molecule has 3 aromatic carbocycles. The van der Waals surface area contributed by atoms with Gasteiger partial charge < -0.3 is 0 Å². The minimum atomic E-state index is -4.71. The number of amides is 1. The number of rotatable bonds is 10. The third-order valence-electron chi connectivity index (χ3n) is 6.86. The number of nitrogens with one attached hydrogen (secondary N) is 1. The summed E-state index contributed by atoms with van der Waals surface area (Å²) in [6.07, 6.45) is -3.03. The third kappa shape index (κ3) is 6.53. The van der Waals surface area contributed by atoms with E-state index >= 15 is 0 Å². The standard InChI is InChI=1S/C31H27F3N4O4S2/c1-2-3-15-28-35-38(25-13-8-7-12-24(25)31(32,33)34)30(40)37(28)20-21-16-17-23(22-10-5-4-6-11-22)27(19-21)44(41,42)36-29(39)26-14-9-18-43-26/h4-14,16-19H,2-3,15,20H2,1H3,(H,36,39). The zero-order chi connectivity index (χ0) is 31.5. The van der Waals surface area contributed by atoms with Crippen LogP contribution < -0.4 is 10.4 Å². The molecular formula is C31H27F3N4O4S2. The van der Waals surface area contributed by atoms with Crippen molar-refractivity contribution in [2.24, 2.45) is 0 Å². The highest BCUT2D eigenvalue weighted by Gasteiger charge is 2.35. The number of unbranched alkanes of at least 4 members (excludes halogenated alkanes) is 1. The molecule has 0 unspecified atom stereocenters. The molecule has 8 nitrogen and oxygen atoms in total. The lowest BCUT2D eigenvalue weighted by Gasteiger charge is -2.14. The first-order valence-electron chi connectivity index (χ1n) is 13.6. The molecule has 0 saturated heterocycles. The summed E-state index contributed by atoms with van der Waals surface area (Å²) in [6.45, 7) is 1.77. The second kappa shape index (κ2) is 12.6. The molecule has 0 radical (unpaired) electrons. The van der Waals surface area contributed by atoms with Crippen molar-refractivity contribution in [2.45, 2.75) is 43.8 Å². The van der Waals surface area contributed by atoms with Crippen LogP contribution in [0.3, 0.4) is 0 Å². The molecule has 1 amide bonds. The lowest BCUT2D eigenvalue weighted by Crippen LogP contribution is -2.30. The Morgan fingerprint density at radius 1 is 0.977 bits per heavy atom. The summed E-state index contributed by atoms with van der Waals surface area (Å²) in [5.41, 5.74) is -0.918. The number of sulfonamides is 1. The highest BCUT2D eigenvalue weighted by Crippen LogP contribution is 2.33. The maximum atomic E-state index is 13.8. The van der Waals surface area contributed by atoms with Gasteiger partial charge >= 0.3 is 11.9 Å². The van der Waals surface area contributed by atoms with E-state index in [1.54, 1.807) is 53.9 Å². The predicted molar refractivity (Wildman–Crippen MR) is 161 cm³/mol. The summed E-state index contributed by atoms with van der Waals surface area (Å²) in [5.74, 6) is -0.525. The largest absolute Gasteiger partial charge is 0.418 e. The molecule has 228 valence electrons. The Morgan fingerprint density at radius 2 is 1.70 bits per heavy atom. The number of thiophene rings is 1. The van der Waals surface area contributed by atoms with Gasteiger partial charge in [0.2, 0.25) is 0 Å². The van der Waals surface area contributed by atoms with Gasteiger partial charge in [0, 0.05) is 12.0 Å². The van der Waals surface area contributed by atoms with Crippen molar-refractivity contribution in [3.8, 4) is 16.8 Å². The first-order valence-corrected chi connectivity index (χ1v) is 16.0. The first-order chi connectivity index (χ1) is 21.0. The topological polar surface area (TPSA) is 103 Å². The maximum absolute atomic E-state index is 13.8. The van der Waals surface area contributed by atoms with E-state index < -0.39 is 39.0 Å². The van der Waals surface area contributed by atoms with Gasteiger partial charge in [-0.2, -0.15) is 17.9 Å². The molecule has 0 atom stereocenters. The molecule has 0 saturated carbocycles. The van der Waals surface area contributed by atoms with Gasteiger partial charge in [0.1, 0.15) is 5.82 Å². The average Bonchev–Trinajstić information content (AvgIpc) is 3.65. The lowest BCUT2D eigenvalue weighted by atomic mass is 10.0. The SMILES string of the molecule is CCCCc1nn(-c2ccccc2C(F)(F)F)c(=O)n1Cc1ccc(-c2ccccc2)c(S(=O)(=O)NC(=O)c2cccs2)c1. The van der Waals surface area contributed by atoms with Crippen LogP contribution in [0.1, 0.15) is 46.4 Å². The van der Waals surface area contributed by atoms with E-state index in [4.69, 9.17) is 0 Å². The van der Waals surface area contributed by atoms with Gasteiger partial charge in [0.05, 0.1) is 27.6 Å². The number of aromatic nitrogens is 3.